The zero-order valence-electron chi connectivity index (χ0n) is 14.8. The van der Waals surface area contributed by atoms with Gasteiger partial charge >= 0.3 is 5.63 Å². The summed E-state index contributed by atoms with van der Waals surface area (Å²) in [5, 5.41) is 3.23. The number of rotatable bonds is 3. The standard InChI is InChI=1S/C20H27NO3/c1-10-6-17(22)24-12(3)18(10)20(23)21-11(2)19-15-5-4-14-7-13(8-15)9-16(14)19/h6,11,13-16,19H,4-5,7-9H2,1-3H3,(H,21,23)/t11-,13+,14+,15+,16-,19-/m1/s1. The Kier molecular flexibility index (Phi) is 3.81. The molecule has 1 heterocycles. The molecule has 3 aliphatic carbocycles. The molecule has 0 aliphatic heterocycles. The molecule has 0 spiro atoms. The van der Waals surface area contributed by atoms with Crippen LogP contribution in [0, 0.1) is 43.4 Å². The molecule has 1 N–H and O–H groups in total. The Balaban J connectivity index is 1.53. The van der Waals surface area contributed by atoms with E-state index in [2.05, 4.69) is 12.2 Å². The van der Waals surface area contributed by atoms with Crippen LogP contribution >= 0.6 is 0 Å². The zero-order valence-corrected chi connectivity index (χ0v) is 14.8. The number of hydrogen-bond acceptors (Lipinski definition) is 3. The third-order valence-corrected chi connectivity index (χ3v) is 6.93. The van der Waals surface area contributed by atoms with Crippen LogP contribution < -0.4 is 10.9 Å². The molecule has 0 saturated heterocycles. The molecule has 130 valence electrons. The number of carbonyl (C=O) groups is 1. The molecule has 4 rings (SSSR count). The maximum atomic E-state index is 12.8. The van der Waals surface area contributed by atoms with Crippen LogP contribution in [0.15, 0.2) is 15.3 Å². The first-order chi connectivity index (χ1) is 11.4. The Bertz CT molecular complexity index is 696. The van der Waals surface area contributed by atoms with Crippen LogP contribution in [0.1, 0.15) is 60.7 Å². The van der Waals surface area contributed by atoms with Crippen molar-refractivity contribution in [1.82, 2.24) is 5.32 Å². The summed E-state index contributed by atoms with van der Waals surface area (Å²) in [6, 6.07) is 1.58. The van der Waals surface area contributed by atoms with E-state index in [-0.39, 0.29) is 11.9 Å². The van der Waals surface area contributed by atoms with Gasteiger partial charge in [0.2, 0.25) is 0 Å². The minimum Gasteiger partial charge on any atom is -0.427 e. The van der Waals surface area contributed by atoms with Gasteiger partial charge in [-0.1, -0.05) is 0 Å². The van der Waals surface area contributed by atoms with Gasteiger partial charge in [0.1, 0.15) is 5.76 Å². The Morgan fingerprint density at radius 1 is 1.21 bits per heavy atom. The number of nitrogens with one attached hydrogen (secondary N) is 1. The van der Waals surface area contributed by atoms with Crippen LogP contribution in [-0.2, 0) is 0 Å². The number of fused-ring (bicyclic) bond motifs is 2. The van der Waals surface area contributed by atoms with Gasteiger partial charge in [-0.2, -0.15) is 0 Å². The van der Waals surface area contributed by atoms with Crippen molar-refractivity contribution in [2.24, 2.45) is 29.6 Å². The Morgan fingerprint density at radius 3 is 2.67 bits per heavy atom. The molecular formula is C20H27NO3. The topological polar surface area (TPSA) is 59.3 Å². The van der Waals surface area contributed by atoms with Crippen LogP contribution in [0.25, 0.3) is 0 Å². The number of carbonyl (C=O) groups excluding carboxylic acids is 1. The third-order valence-electron chi connectivity index (χ3n) is 6.93. The van der Waals surface area contributed by atoms with E-state index in [1.807, 2.05) is 0 Å². The molecule has 6 atom stereocenters. The second-order valence-electron chi connectivity index (χ2n) is 8.35. The Hall–Kier alpha value is -1.58. The van der Waals surface area contributed by atoms with Crippen molar-refractivity contribution in [3.05, 3.63) is 33.4 Å². The quantitative estimate of drug-likeness (QED) is 0.924. The van der Waals surface area contributed by atoms with Gasteiger partial charge in [0.25, 0.3) is 5.91 Å². The maximum absolute atomic E-state index is 12.8. The SMILES string of the molecule is Cc1cc(=O)oc(C)c1C(=O)N[C@H](C)[C@@H]1[C@H]2CC[C@H]3C[C@@H](C2)C[C@H]31. The van der Waals surface area contributed by atoms with Crippen molar-refractivity contribution >= 4 is 5.91 Å². The van der Waals surface area contributed by atoms with Crippen molar-refractivity contribution in [3.63, 3.8) is 0 Å². The molecule has 3 bridgehead atoms. The largest absolute Gasteiger partial charge is 0.427 e. The van der Waals surface area contributed by atoms with Gasteiger partial charge in [0.15, 0.2) is 0 Å². The molecule has 1 aromatic rings. The van der Waals surface area contributed by atoms with Gasteiger partial charge in [0, 0.05) is 12.1 Å². The summed E-state index contributed by atoms with van der Waals surface area (Å²) >= 11 is 0. The monoisotopic (exact) mass is 329 g/mol. The first kappa shape index (κ1) is 15.9. The summed E-state index contributed by atoms with van der Waals surface area (Å²) in [5.74, 6) is 4.33. The van der Waals surface area contributed by atoms with Crippen molar-refractivity contribution in [2.45, 2.75) is 58.9 Å². The third kappa shape index (κ3) is 2.51. The average Bonchev–Trinajstić information content (AvgIpc) is 2.68. The number of aryl methyl sites for hydroxylation is 2. The predicted molar refractivity (Wildman–Crippen MR) is 91.9 cm³/mol. The molecule has 3 saturated carbocycles. The summed E-state index contributed by atoms with van der Waals surface area (Å²) in [5.41, 5.74) is 0.822. The van der Waals surface area contributed by atoms with Crippen LogP contribution in [0.4, 0.5) is 0 Å². The average molecular weight is 329 g/mol. The highest BCUT2D eigenvalue weighted by Crippen LogP contribution is 2.58. The van der Waals surface area contributed by atoms with Crippen molar-refractivity contribution < 1.29 is 9.21 Å². The zero-order chi connectivity index (χ0) is 17.0. The molecule has 1 amide bonds. The predicted octanol–water partition coefficient (Wildman–Crippen LogP) is 3.45. The van der Waals surface area contributed by atoms with Gasteiger partial charge in [-0.15, -0.1) is 0 Å². The molecule has 4 nitrogen and oxygen atoms in total. The summed E-state index contributed by atoms with van der Waals surface area (Å²) in [6.45, 7) is 5.66. The first-order valence-electron chi connectivity index (χ1n) is 9.36. The molecule has 1 aromatic heterocycles. The lowest BCUT2D eigenvalue weighted by Crippen LogP contribution is -2.48. The summed E-state index contributed by atoms with van der Waals surface area (Å²) < 4.78 is 5.12. The summed E-state index contributed by atoms with van der Waals surface area (Å²) in [7, 11) is 0. The molecule has 0 aromatic carbocycles. The van der Waals surface area contributed by atoms with Crippen LogP contribution in [0.5, 0.6) is 0 Å². The smallest absolute Gasteiger partial charge is 0.336 e. The van der Waals surface area contributed by atoms with Gasteiger partial charge in [-0.25, -0.2) is 4.79 Å². The fourth-order valence-corrected chi connectivity index (χ4v) is 6.20. The molecule has 0 unspecified atom stereocenters. The van der Waals surface area contributed by atoms with E-state index in [9.17, 15) is 9.59 Å². The molecular weight excluding hydrogens is 302 g/mol. The number of amides is 1. The van der Waals surface area contributed by atoms with Crippen molar-refractivity contribution in [3.8, 4) is 0 Å². The van der Waals surface area contributed by atoms with Crippen LogP contribution in [0.2, 0.25) is 0 Å². The lowest BCUT2D eigenvalue weighted by Gasteiger charge is -2.45. The highest BCUT2D eigenvalue weighted by molar-refractivity contribution is 5.96. The normalized spacial score (nSPS) is 35.0. The summed E-state index contributed by atoms with van der Waals surface area (Å²) in [6.07, 6.45) is 6.87. The second-order valence-corrected chi connectivity index (χ2v) is 8.35. The van der Waals surface area contributed by atoms with Gasteiger partial charge < -0.3 is 9.73 Å². The second kappa shape index (κ2) is 5.75. The minimum atomic E-state index is -0.392. The molecule has 3 fully saturated rings. The van der Waals surface area contributed by atoms with Crippen molar-refractivity contribution in [1.29, 1.82) is 0 Å². The maximum Gasteiger partial charge on any atom is 0.336 e. The fraction of sp³-hybridized carbons (Fsp3) is 0.700. The van der Waals surface area contributed by atoms with E-state index in [0.717, 1.165) is 23.7 Å². The minimum absolute atomic E-state index is 0.0998. The Labute approximate surface area is 143 Å². The molecule has 4 heteroatoms. The molecule has 24 heavy (non-hydrogen) atoms. The van der Waals surface area contributed by atoms with Gasteiger partial charge in [-0.3, -0.25) is 4.79 Å². The van der Waals surface area contributed by atoms with E-state index in [0.29, 0.717) is 22.8 Å². The lowest BCUT2D eigenvalue weighted by molar-refractivity contribution is 0.0518. The van der Waals surface area contributed by atoms with E-state index in [1.165, 1.54) is 38.2 Å². The van der Waals surface area contributed by atoms with E-state index < -0.39 is 5.63 Å². The molecule has 0 radical (unpaired) electrons. The highest BCUT2D eigenvalue weighted by Gasteiger charge is 2.51. The molecule has 3 aliphatic rings. The number of hydrogen-bond donors (Lipinski definition) is 1. The van der Waals surface area contributed by atoms with E-state index in [4.69, 9.17) is 4.42 Å². The van der Waals surface area contributed by atoms with Gasteiger partial charge in [0.05, 0.1) is 5.56 Å². The van der Waals surface area contributed by atoms with Crippen LogP contribution in [0.3, 0.4) is 0 Å². The van der Waals surface area contributed by atoms with Gasteiger partial charge in [-0.05, 0) is 88.0 Å². The Morgan fingerprint density at radius 2 is 1.92 bits per heavy atom. The first-order valence-corrected chi connectivity index (χ1v) is 9.36. The van der Waals surface area contributed by atoms with Crippen molar-refractivity contribution in [2.75, 3.05) is 0 Å². The lowest BCUT2D eigenvalue weighted by atomic mass is 9.62. The fourth-order valence-electron chi connectivity index (χ4n) is 6.20. The highest BCUT2D eigenvalue weighted by atomic mass is 16.4. The summed E-state index contributed by atoms with van der Waals surface area (Å²) in [4.78, 5) is 24.2. The van der Waals surface area contributed by atoms with Crippen LogP contribution in [-0.4, -0.2) is 11.9 Å². The van der Waals surface area contributed by atoms with E-state index in [1.54, 1.807) is 13.8 Å². The van der Waals surface area contributed by atoms with E-state index >= 15 is 0 Å².